The maximum atomic E-state index is 12.8. The number of ether oxygens (including phenoxy) is 3. The Morgan fingerprint density at radius 1 is 1.26 bits per heavy atom. The number of rotatable bonds is 5. The molecular weight excluding hydrogens is 552 g/mol. The molecule has 4 atom stereocenters. The first kappa shape index (κ1) is 25.1. The fourth-order valence-electron chi connectivity index (χ4n) is 3.52. The largest absolute Gasteiger partial charge is 0.414 e. The van der Waals surface area contributed by atoms with Crippen LogP contribution < -0.4 is 11.2 Å². The summed E-state index contributed by atoms with van der Waals surface area (Å²) in [6.07, 6.45) is -0.528. The molecule has 174 valence electrons. The third kappa shape index (κ3) is 5.34. The summed E-state index contributed by atoms with van der Waals surface area (Å²) in [6.45, 7) is 14.9. The minimum atomic E-state index is -2.02. The van der Waals surface area contributed by atoms with Crippen LogP contribution in [0.15, 0.2) is 19.0 Å². The number of nitrogens with one attached hydrogen (secondary N) is 1. The lowest BCUT2D eigenvalue weighted by atomic mass is 10.1. The van der Waals surface area contributed by atoms with Gasteiger partial charge in [0.25, 0.3) is 5.56 Å². The van der Waals surface area contributed by atoms with Crippen molar-refractivity contribution in [3.8, 4) is 0 Å². The molecule has 11 heteroatoms. The Morgan fingerprint density at radius 2 is 1.87 bits per heavy atom. The van der Waals surface area contributed by atoms with Crippen LogP contribution in [0.2, 0.25) is 18.1 Å². The van der Waals surface area contributed by atoms with E-state index in [1.165, 1.54) is 10.6 Å². The first-order valence-corrected chi connectivity index (χ1v) is 14.6. The van der Waals surface area contributed by atoms with Crippen LogP contribution in [0.25, 0.3) is 6.08 Å². The Labute approximate surface area is 199 Å². The maximum absolute atomic E-state index is 12.8. The van der Waals surface area contributed by atoms with Crippen LogP contribution in [0.1, 0.15) is 46.5 Å². The van der Waals surface area contributed by atoms with Crippen LogP contribution >= 0.6 is 31.9 Å². The molecule has 0 aliphatic carbocycles. The van der Waals surface area contributed by atoms with Crippen molar-refractivity contribution in [2.45, 2.75) is 83.1 Å². The van der Waals surface area contributed by atoms with Crippen LogP contribution in [0.3, 0.4) is 0 Å². The quantitative estimate of drug-likeness (QED) is 0.527. The number of fused-ring (bicyclic) bond motifs is 1. The van der Waals surface area contributed by atoms with Gasteiger partial charge in [0, 0.05) is 6.07 Å². The van der Waals surface area contributed by atoms with E-state index in [2.05, 4.69) is 70.7 Å². The number of halogens is 2. The Hall–Kier alpha value is -0.563. The molecule has 1 aromatic heterocycles. The molecule has 0 radical (unpaired) electrons. The second kappa shape index (κ2) is 8.66. The first-order valence-electron chi connectivity index (χ1n) is 10.1. The van der Waals surface area contributed by atoms with Gasteiger partial charge in [0.15, 0.2) is 20.3 Å². The zero-order valence-electron chi connectivity index (χ0n) is 18.8. The van der Waals surface area contributed by atoms with Crippen molar-refractivity contribution in [2.75, 3.05) is 6.61 Å². The minimum absolute atomic E-state index is 0.0483. The number of hydrogen-bond acceptors (Lipinski definition) is 6. The van der Waals surface area contributed by atoms with E-state index in [9.17, 15) is 9.59 Å². The average Bonchev–Trinajstić information content (AvgIpc) is 3.04. The van der Waals surface area contributed by atoms with Crippen LogP contribution in [-0.4, -0.2) is 48.6 Å². The summed E-state index contributed by atoms with van der Waals surface area (Å²) in [7, 11) is -2.02. The number of hydrogen-bond donors (Lipinski definition) is 1. The van der Waals surface area contributed by atoms with Gasteiger partial charge < -0.3 is 18.6 Å². The highest BCUT2D eigenvalue weighted by Crippen LogP contribution is 2.44. The summed E-state index contributed by atoms with van der Waals surface area (Å²) in [4.78, 5) is 27.0. The Bertz CT molecular complexity index is 977. The van der Waals surface area contributed by atoms with E-state index >= 15 is 0 Å². The summed E-state index contributed by atoms with van der Waals surface area (Å²) in [6, 6.07) is 1.34. The summed E-state index contributed by atoms with van der Waals surface area (Å²) in [5.41, 5.74) is -0.700. The molecule has 3 heterocycles. The SMILES string of the molecule is CC1(C)O[C@@H]2[C@H](O1)[C@@H](CO[Si](C)(C)C(C)(C)C)O[C@H]2n1c(C=C(Br)Br)cc(=O)[nH]c1=O. The number of H-pyrrole nitrogens is 1. The lowest BCUT2D eigenvalue weighted by Gasteiger charge is -2.37. The molecule has 0 unspecified atom stereocenters. The van der Waals surface area contributed by atoms with Gasteiger partial charge in [-0.1, -0.05) is 20.8 Å². The van der Waals surface area contributed by atoms with Gasteiger partial charge >= 0.3 is 5.69 Å². The Kier molecular flexibility index (Phi) is 7.00. The van der Waals surface area contributed by atoms with E-state index in [-0.39, 0.29) is 5.04 Å². The molecule has 0 amide bonds. The van der Waals surface area contributed by atoms with Gasteiger partial charge in [0.1, 0.15) is 18.3 Å². The number of nitrogens with zero attached hydrogens (tertiary/aromatic N) is 1. The van der Waals surface area contributed by atoms with Gasteiger partial charge in [-0.05, 0) is 69.9 Å². The highest BCUT2D eigenvalue weighted by Gasteiger charge is 2.56. The van der Waals surface area contributed by atoms with Crippen molar-refractivity contribution in [3.63, 3.8) is 0 Å². The van der Waals surface area contributed by atoms with Crippen LogP contribution in [-0.2, 0) is 18.6 Å². The van der Waals surface area contributed by atoms with E-state index in [1.54, 1.807) is 6.08 Å². The predicted octanol–water partition coefficient (Wildman–Crippen LogP) is 4.06. The van der Waals surface area contributed by atoms with E-state index in [0.717, 1.165) is 0 Å². The molecule has 0 saturated carbocycles. The molecule has 1 aromatic rings. The standard InChI is InChI=1S/C20H30Br2N2O6Si/c1-19(2,3)31(6,7)27-10-12-15-16(30-20(4,5)29-15)17(28-12)24-11(8-13(21)22)9-14(25)23-18(24)26/h8-9,12,15-17H,10H2,1-7H3,(H,23,25,26)/t12-,15-,16-,17-/m1/s1. The van der Waals surface area contributed by atoms with Crippen molar-refractivity contribution >= 4 is 46.3 Å². The summed E-state index contributed by atoms with van der Waals surface area (Å²) in [5, 5.41) is 0.0483. The molecule has 0 bridgehead atoms. The molecule has 1 N–H and O–H groups in total. The summed E-state index contributed by atoms with van der Waals surface area (Å²) >= 11 is 6.59. The topological polar surface area (TPSA) is 91.8 Å². The molecule has 2 fully saturated rings. The van der Waals surface area contributed by atoms with Crippen molar-refractivity contribution in [1.82, 2.24) is 9.55 Å². The van der Waals surface area contributed by atoms with Gasteiger partial charge in [0.2, 0.25) is 0 Å². The molecule has 2 aliphatic heterocycles. The van der Waals surface area contributed by atoms with E-state index in [0.29, 0.717) is 15.7 Å². The molecular formula is C20H30Br2N2O6Si. The molecule has 2 aliphatic rings. The minimum Gasteiger partial charge on any atom is -0.414 e. The van der Waals surface area contributed by atoms with Crippen molar-refractivity contribution in [3.05, 3.63) is 36.0 Å². The number of aromatic nitrogens is 2. The van der Waals surface area contributed by atoms with Crippen LogP contribution in [0.5, 0.6) is 0 Å². The Balaban J connectivity index is 1.97. The fraction of sp³-hybridized carbons (Fsp3) is 0.700. The zero-order chi connectivity index (χ0) is 23.4. The van der Waals surface area contributed by atoms with Gasteiger partial charge in [0.05, 0.1) is 15.7 Å². The fourth-order valence-corrected chi connectivity index (χ4v) is 5.00. The van der Waals surface area contributed by atoms with Crippen LogP contribution in [0, 0.1) is 0 Å². The molecule has 8 nitrogen and oxygen atoms in total. The van der Waals surface area contributed by atoms with E-state index in [4.69, 9.17) is 18.6 Å². The number of aromatic amines is 1. The summed E-state index contributed by atoms with van der Waals surface area (Å²) in [5.74, 6) is -0.829. The van der Waals surface area contributed by atoms with Gasteiger partial charge in [-0.25, -0.2) is 4.79 Å². The average molecular weight is 582 g/mol. The zero-order valence-corrected chi connectivity index (χ0v) is 23.0. The molecule has 3 rings (SSSR count). The van der Waals surface area contributed by atoms with Gasteiger partial charge in [-0.2, -0.15) is 0 Å². The lowest BCUT2D eigenvalue weighted by Crippen LogP contribution is -2.44. The van der Waals surface area contributed by atoms with Crippen LogP contribution in [0.4, 0.5) is 0 Å². The summed E-state index contributed by atoms with van der Waals surface area (Å²) < 4.78 is 26.9. The van der Waals surface area contributed by atoms with E-state index < -0.39 is 49.9 Å². The third-order valence-corrected chi connectivity index (χ3v) is 11.0. The van der Waals surface area contributed by atoms with Crippen molar-refractivity contribution in [2.24, 2.45) is 0 Å². The highest BCUT2D eigenvalue weighted by atomic mass is 79.9. The van der Waals surface area contributed by atoms with Crippen molar-refractivity contribution in [1.29, 1.82) is 0 Å². The predicted molar refractivity (Wildman–Crippen MR) is 128 cm³/mol. The molecule has 0 spiro atoms. The maximum Gasteiger partial charge on any atom is 0.331 e. The smallest absolute Gasteiger partial charge is 0.331 e. The lowest BCUT2D eigenvalue weighted by molar-refractivity contribution is -0.200. The van der Waals surface area contributed by atoms with Gasteiger partial charge in [-0.3, -0.25) is 14.3 Å². The highest BCUT2D eigenvalue weighted by molar-refractivity contribution is 9.28. The molecule has 0 aromatic carbocycles. The second-order valence-corrected chi connectivity index (χ2v) is 17.5. The van der Waals surface area contributed by atoms with E-state index in [1.807, 2.05) is 13.8 Å². The third-order valence-electron chi connectivity index (χ3n) is 6.06. The normalized spacial score (nSPS) is 27.9. The van der Waals surface area contributed by atoms with Crippen molar-refractivity contribution < 1.29 is 18.6 Å². The van der Waals surface area contributed by atoms with Gasteiger partial charge in [-0.15, -0.1) is 0 Å². The second-order valence-electron chi connectivity index (χ2n) is 9.87. The molecule has 2 saturated heterocycles. The first-order chi connectivity index (χ1) is 14.1. The Morgan fingerprint density at radius 3 is 2.45 bits per heavy atom. The molecule has 31 heavy (non-hydrogen) atoms. The monoisotopic (exact) mass is 580 g/mol.